The number of rotatable bonds is 14. The third-order valence-corrected chi connectivity index (χ3v) is 6.13. The lowest BCUT2D eigenvalue weighted by molar-refractivity contribution is -0.143. The molecule has 2 heterocycles. The molecule has 0 saturated carbocycles. The van der Waals surface area contributed by atoms with Crippen LogP contribution in [0.3, 0.4) is 0 Å². The molecule has 0 bridgehead atoms. The van der Waals surface area contributed by atoms with Gasteiger partial charge in [0.25, 0.3) is 23.6 Å². The monoisotopic (exact) mass is 569 g/mol. The van der Waals surface area contributed by atoms with Crippen LogP contribution in [0, 0.1) is 5.92 Å². The Bertz CT molecular complexity index is 1190. The van der Waals surface area contributed by atoms with E-state index in [9.17, 15) is 33.6 Å². The molecule has 14 heteroatoms. The fraction of sp³-hybridized carbons (Fsp3) is 0.370. The van der Waals surface area contributed by atoms with E-state index in [1.165, 1.54) is 0 Å². The number of imide groups is 2. The lowest BCUT2D eigenvalue weighted by atomic mass is 10.0. The van der Waals surface area contributed by atoms with E-state index in [2.05, 4.69) is 16.0 Å². The van der Waals surface area contributed by atoms with Crippen molar-refractivity contribution in [3.63, 3.8) is 0 Å². The lowest BCUT2D eigenvalue weighted by Crippen LogP contribution is -2.52. The van der Waals surface area contributed by atoms with Crippen molar-refractivity contribution in [1.29, 1.82) is 0 Å². The number of benzene rings is 1. The molecular weight excluding hydrogens is 538 g/mol. The average Bonchev–Trinajstić information content (AvgIpc) is 3.43. The zero-order chi connectivity index (χ0) is 30.1. The van der Waals surface area contributed by atoms with Crippen LogP contribution in [0.4, 0.5) is 5.69 Å². The van der Waals surface area contributed by atoms with E-state index in [4.69, 9.17) is 9.84 Å². The summed E-state index contributed by atoms with van der Waals surface area (Å²) in [5.74, 6) is -4.63. The first-order valence-electron chi connectivity index (χ1n) is 12.7. The molecule has 0 radical (unpaired) electrons. The van der Waals surface area contributed by atoms with Crippen LogP contribution in [0.15, 0.2) is 48.6 Å². The number of nitrogens with zero attached hydrogens (tertiary/aromatic N) is 2. The van der Waals surface area contributed by atoms with Crippen LogP contribution in [0.5, 0.6) is 0 Å². The van der Waals surface area contributed by atoms with Crippen LogP contribution in [0.1, 0.15) is 19.4 Å². The molecular formula is C27H31N5O9. The fourth-order valence-corrected chi connectivity index (χ4v) is 3.91. The predicted octanol–water partition coefficient (Wildman–Crippen LogP) is -1.39. The number of ether oxygens (including phenoxy) is 1. The molecule has 7 amide bonds. The number of amides is 7. The van der Waals surface area contributed by atoms with Crippen molar-refractivity contribution in [3.8, 4) is 0 Å². The summed E-state index contributed by atoms with van der Waals surface area (Å²) in [7, 11) is 0. The van der Waals surface area contributed by atoms with Crippen LogP contribution in [0.25, 0.3) is 0 Å². The highest BCUT2D eigenvalue weighted by atomic mass is 16.5. The first kappa shape index (κ1) is 30.8. The van der Waals surface area contributed by atoms with E-state index in [-0.39, 0.29) is 32.2 Å². The first-order chi connectivity index (χ1) is 19.5. The number of nitrogens with one attached hydrogen (secondary N) is 3. The molecule has 4 N–H and O–H groups in total. The highest BCUT2D eigenvalue weighted by Crippen LogP contribution is 2.12. The molecule has 2 aliphatic heterocycles. The maximum Gasteiger partial charge on any atom is 0.253 e. The Kier molecular flexibility index (Phi) is 10.6. The van der Waals surface area contributed by atoms with E-state index in [1.54, 1.807) is 38.1 Å². The van der Waals surface area contributed by atoms with E-state index in [0.29, 0.717) is 11.3 Å². The summed E-state index contributed by atoms with van der Waals surface area (Å²) in [5, 5.41) is 16.7. The summed E-state index contributed by atoms with van der Waals surface area (Å²) in [5.41, 5.74) is 1.15. The highest BCUT2D eigenvalue weighted by molar-refractivity contribution is 6.13. The van der Waals surface area contributed by atoms with Crippen LogP contribution in [-0.4, -0.2) is 94.6 Å². The van der Waals surface area contributed by atoms with Crippen molar-refractivity contribution in [2.75, 3.05) is 31.6 Å². The number of carbonyl (C=O) groups excluding carboxylic acids is 7. The largest absolute Gasteiger partial charge is 0.392 e. The summed E-state index contributed by atoms with van der Waals surface area (Å²) in [6.45, 7) is 1.62. The number of carbonyl (C=O) groups is 7. The van der Waals surface area contributed by atoms with Crippen LogP contribution < -0.4 is 16.0 Å². The van der Waals surface area contributed by atoms with E-state index in [0.717, 1.165) is 34.1 Å². The summed E-state index contributed by atoms with van der Waals surface area (Å²) >= 11 is 0. The predicted molar refractivity (Wildman–Crippen MR) is 142 cm³/mol. The molecule has 0 aromatic heterocycles. The zero-order valence-corrected chi connectivity index (χ0v) is 22.5. The number of anilines is 1. The third kappa shape index (κ3) is 8.65. The number of aliphatic hydroxyl groups is 1. The summed E-state index contributed by atoms with van der Waals surface area (Å²) < 4.78 is 5.59. The Morgan fingerprint density at radius 3 is 1.80 bits per heavy atom. The Morgan fingerprint density at radius 2 is 1.34 bits per heavy atom. The normalized spacial score (nSPS) is 15.3. The molecule has 41 heavy (non-hydrogen) atoms. The van der Waals surface area contributed by atoms with Gasteiger partial charge in [-0.15, -0.1) is 0 Å². The second-order valence-corrected chi connectivity index (χ2v) is 9.58. The second-order valence-electron chi connectivity index (χ2n) is 9.58. The Balaban J connectivity index is 1.54. The van der Waals surface area contributed by atoms with Gasteiger partial charge in [0.05, 0.1) is 32.3 Å². The van der Waals surface area contributed by atoms with Gasteiger partial charge in [-0.1, -0.05) is 26.0 Å². The minimum Gasteiger partial charge on any atom is -0.392 e. The Hall–Kier alpha value is -4.69. The molecule has 1 unspecified atom stereocenters. The topological polar surface area (TPSA) is 192 Å². The van der Waals surface area contributed by atoms with Gasteiger partial charge in [-0.05, 0) is 23.6 Å². The minimum atomic E-state index is -1.08. The van der Waals surface area contributed by atoms with E-state index < -0.39 is 60.1 Å². The van der Waals surface area contributed by atoms with Gasteiger partial charge >= 0.3 is 0 Å². The van der Waals surface area contributed by atoms with Crippen LogP contribution in [-0.2, 0) is 44.9 Å². The molecule has 0 saturated heterocycles. The quantitative estimate of drug-likeness (QED) is 0.195. The van der Waals surface area contributed by atoms with Gasteiger partial charge in [-0.2, -0.15) is 0 Å². The van der Waals surface area contributed by atoms with Gasteiger partial charge in [0, 0.05) is 30.0 Å². The van der Waals surface area contributed by atoms with Crippen molar-refractivity contribution >= 4 is 47.0 Å². The van der Waals surface area contributed by atoms with Gasteiger partial charge in [0.15, 0.2) is 0 Å². The smallest absolute Gasteiger partial charge is 0.253 e. The maximum atomic E-state index is 12.8. The molecule has 2 aliphatic rings. The van der Waals surface area contributed by atoms with Crippen LogP contribution in [0.2, 0.25) is 0 Å². The zero-order valence-electron chi connectivity index (χ0n) is 22.5. The van der Waals surface area contributed by atoms with Gasteiger partial charge in [0.1, 0.15) is 12.6 Å². The number of aliphatic hydroxyl groups excluding tert-OH is 1. The third-order valence-electron chi connectivity index (χ3n) is 6.13. The van der Waals surface area contributed by atoms with Gasteiger partial charge in [-0.3, -0.25) is 43.4 Å². The van der Waals surface area contributed by atoms with Crippen LogP contribution >= 0.6 is 0 Å². The fourth-order valence-electron chi connectivity index (χ4n) is 3.91. The SMILES string of the molecule is CC(C)C(NC(=O)COC(CN1C(=O)C=CC1=O)CN1C(=O)C=CC1=O)C(=O)NCC(=O)Nc1ccc(CO)cc1. The molecule has 1 atom stereocenters. The maximum absolute atomic E-state index is 12.8. The average molecular weight is 570 g/mol. The van der Waals surface area contributed by atoms with Gasteiger partial charge in [0.2, 0.25) is 17.7 Å². The summed E-state index contributed by atoms with van der Waals surface area (Å²) in [6, 6.07) is 5.46. The van der Waals surface area contributed by atoms with Gasteiger partial charge in [-0.25, -0.2) is 0 Å². The summed E-state index contributed by atoms with van der Waals surface area (Å²) in [6.07, 6.45) is 3.19. The molecule has 0 aliphatic carbocycles. The second kappa shape index (κ2) is 14.1. The standard InChI is InChI=1S/C27H31N5O9/c1-16(2)26(27(40)28-11-20(34)29-18-5-3-17(14-33)4-6-18)30-21(35)15-41-19(12-31-22(36)7-8-23(31)37)13-32-24(38)9-10-25(32)39/h3-10,16,19,26,33H,11-15H2,1-2H3,(H,28,40)(H,29,34)(H,30,35). The molecule has 0 fully saturated rings. The molecule has 3 rings (SSSR count). The molecule has 14 nitrogen and oxygen atoms in total. The van der Waals surface area contributed by atoms with E-state index in [1.807, 2.05) is 0 Å². The highest BCUT2D eigenvalue weighted by Gasteiger charge is 2.32. The van der Waals surface area contributed by atoms with E-state index >= 15 is 0 Å². The van der Waals surface area contributed by atoms with Crippen molar-refractivity contribution < 1.29 is 43.4 Å². The summed E-state index contributed by atoms with van der Waals surface area (Å²) in [4.78, 5) is 87.4. The van der Waals surface area contributed by atoms with Crippen molar-refractivity contribution in [3.05, 3.63) is 54.1 Å². The molecule has 1 aromatic rings. The molecule has 1 aromatic carbocycles. The van der Waals surface area contributed by atoms with Crippen molar-refractivity contribution in [2.45, 2.75) is 32.6 Å². The van der Waals surface area contributed by atoms with Crippen molar-refractivity contribution in [1.82, 2.24) is 20.4 Å². The minimum absolute atomic E-state index is 0.136. The van der Waals surface area contributed by atoms with Crippen molar-refractivity contribution in [2.24, 2.45) is 5.92 Å². The Labute approximate surface area is 235 Å². The molecule has 0 spiro atoms. The lowest BCUT2D eigenvalue weighted by Gasteiger charge is -2.27. The van der Waals surface area contributed by atoms with Gasteiger partial charge < -0.3 is 25.8 Å². The number of hydrogen-bond donors (Lipinski definition) is 4. The number of hydrogen-bond acceptors (Lipinski definition) is 9. The molecule has 218 valence electrons. The Morgan fingerprint density at radius 1 is 0.829 bits per heavy atom. The first-order valence-corrected chi connectivity index (χ1v) is 12.7.